The van der Waals surface area contributed by atoms with Crippen molar-refractivity contribution < 1.29 is 24.9 Å². The fourth-order valence-electron chi connectivity index (χ4n) is 7.02. The summed E-state index contributed by atoms with van der Waals surface area (Å²) in [5.41, 5.74) is -1.33. The lowest BCUT2D eigenvalue weighted by atomic mass is 9.46. The quantitative estimate of drug-likeness (QED) is 0.661. The van der Waals surface area contributed by atoms with Gasteiger partial charge in [0.2, 0.25) is 0 Å². The smallest absolute Gasteiger partial charge is 0.159 e. The third-order valence-electron chi connectivity index (χ3n) is 8.61. The molecule has 26 heavy (non-hydrogen) atoms. The highest BCUT2D eigenvalue weighted by atomic mass is 16.3. The predicted molar refractivity (Wildman–Crippen MR) is 95.1 cm³/mol. The molecule has 4 rings (SSSR count). The zero-order valence-corrected chi connectivity index (χ0v) is 15.9. The Morgan fingerprint density at radius 2 is 1.81 bits per heavy atom. The van der Waals surface area contributed by atoms with Crippen LogP contribution < -0.4 is 0 Å². The van der Waals surface area contributed by atoms with Crippen molar-refractivity contribution in [2.75, 3.05) is 0 Å². The van der Waals surface area contributed by atoms with E-state index in [4.69, 9.17) is 0 Å². The highest BCUT2D eigenvalue weighted by Gasteiger charge is 2.67. The van der Waals surface area contributed by atoms with Crippen molar-refractivity contribution in [1.82, 2.24) is 0 Å². The highest BCUT2D eigenvalue weighted by molar-refractivity contribution is 5.95. The van der Waals surface area contributed by atoms with Crippen LogP contribution >= 0.6 is 0 Å². The molecule has 0 amide bonds. The number of Topliss-reactive ketones (excluding diaryl/α,β-unsaturated/α-hetero) is 1. The molecule has 0 aromatic heterocycles. The predicted octanol–water partition coefficient (Wildman–Crippen LogP) is 1.78. The van der Waals surface area contributed by atoms with Crippen molar-refractivity contribution in [1.29, 1.82) is 0 Å². The van der Waals surface area contributed by atoms with E-state index in [0.29, 0.717) is 19.3 Å². The summed E-state index contributed by atoms with van der Waals surface area (Å²) >= 11 is 0. The number of hydrogen-bond donors (Lipinski definition) is 3. The zero-order chi connectivity index (χ0) is 19.1. The summed E-state index contributed by atoms with van der Waals surface area (Å²) in [5, 5.41) is 32.1. The number of carbonyl (C=O) groups is 2. The van der Waals surface area contributed by atoms with Gasteiger partial charge in [0, 0.05) is 17.3 Å². The summed E-state index contributed by atoms with van der Waals surface area (Å²) in [6.45, 7) is 5.64. The maximum absolute atomic E-state index is 12.9. The lowest BCUT2D eigenvalue weighted by Gasteiger charge is -2.59. The van der Waals surface area contributed by atoms with Gasteiger partial charge in [-0.3, -0.25) is 9.59 Å². The normalized spacial score (nSPS) is 53.4. The Balaban J connectivity index is 1.80. The van der Waals surface area contributed by atoms with Crippen LogP contribution in [0.25, 0.3) is 0 Å². The summed E-state index contributed by atoms with van der Waals surface area (Å²) in [4.78, 5) is 25.1. The average molecular weight is 362 g/mol. The largest absolute Gasteiger partial charge is 0.390 e. The van der Waals surface area contributed by atoms with E-state index in [0.717, 1.165) is 18.4 Å². The molecule has 0 bridgehead atoms. The molecule has 0 saturated heterocycles. The number of aliphatic hydroxyl groups excluding tert-OH is 2. The van der Waals surface area contributed by atoms with Crippen LogP contribution in [0, 0.1) is 28.6 Å². The Morgan fingerprint density at radius 1 is 1.12 bits per heavy atom. The number of aliphatic hydroxyl groups is 3. The molecular weight excluding hydrogens is 332 g/mol. The Kier molecular flexibility index (Phi) is 3.87. The monoisotopic (exact) mass is 362 g/mol. The molecule has 8 atom stereocenters. The SMILES string of the molecule is CC(=O)[C@@H]1CC[C@@]2(O)C3=CC(=O)[C@@H]4C[C@H](O)[C@H](O)C[C@]4(C)[C@@H]3CC[C@]12C. The average Bonchev–Trinajstić information content (AvgIpc) is 2.83. The van der Waals surface area contributed by atoms with Crippen molar-refractivity contribution in [2.45, 2.75) is 77.1 Å². The first-order valence-electron chi connectivity index (χ1n) is 9.89. The summed E-state index contributed by atoms with van der Waals surface area (Å²) in [6, 6.07) is 0. The van der Waals surface area contributed by atoms with Gasteiger partial charge in [0.1, 0.15) is 5.78 Å². The minimum absolute atomic E-state index is 0.0103. The van der Waals surface area contributed by atoms with Gasteiger partial charge in [-0.25, -0.2) is 0 Å². The Labute approximate surface area is 154 Å². The van der Waals surface area contributed by atoms with Crippen LogP contribution in [0.5, 0.6) is 0 Å². The molecule has 4 aliphatic carbocycles. The molecule has 4 aliphatic rings. The molecule has 3 N–H and O–H groups in total. The lowest BCUT2D eigenvalue weighted by molar-refractivity contribution is -0.153. The summed E-state index contributed by atoms with van der Waals surface area (Å²) in [7, 11) is 0. The first-order chi connectivity index (χ1) is 12.0. The number of fused-ring (bicyclic) bond motifs is 5. The van der Waals surface area contributed by atoms with Crippen LogP contribution in [0.15, 0.2) is 11.6 Å². The van der Waals surface area contributed by atoms with Crippen LogP contribution in [0.3, 0.4) is 0 Å². The Morgan fingerprint density at radius 3 is 2.46 bits per heavy atom. The first-order valence-corrected chi connectivity index (χ1v) is 9.89. The zero-order valence-electron chi connectivity index (χ0n) is 15.9. The number of hydrogen-bond acceptors (Lipinski definition) is 5. The lowest BCUT2D eigenvalue weighted by Crippen LogP contribution is -2.60. The molecule has 5 nitrogen and oxygen atoms in total. The van der Waals surface area contributed by atoms with Crippen LogP contribution in [0.4, 0.5) is 0 Å². The summed E-state index contributed by atoms with van der Waals surface area (Å²) < 4.78 is 0. The number of ketones is 2. The van der Waals surface area contributed by atoms with E-state index in [2.05, 4.69) is 0 Å². The maximum atomic E-state index is 12.9. The van der Waals surface area contributed by atoms with Crippen molar-refractivity contribution in [3.05, 3.63) is 11.6 Å². The van der Waals surface area contributed by atoms with Gasteiger partial charge in [-0.15, -0.1) is 0 Å². The minimum atomic E-state index is -1.13. The van der Waals surface area contributed by atoms with E-state index in [1.807, 2.05) is 13.8 Å². The molecule has 144 valence electrons. The topological polar surface area (TPSA) is 94.8 Å². The number of carbonyl (C=O) groups excluding carboxylic acids is 2. The molecule has 0 radical (unpaired) electrons. The van der Waals surface area contributed by atoms with Gasteiger partial charge in [0.15, 0.2) is 5.78 Å². The van der Waals surface area contributed by atoms with Crippen molar-refractivity contribution in [3.8, 4) is 0 Å². The van der Waals surface area contributed by atoms with Gasteiger partial charge in [-0.1, -0.05) is 13.8 Å². The molecule has 0 aliphatic heterocycles. The maximum Gasteiger partial charge on any atom is 0.159 e. The van der Waals surface area contributed by atoms with Gasteiger partial charge in [0.25, 0.3) is 0 Å². The summed E-state index contributed by atoms with van der Waals surface area (Å²) in [6.07, 6.45) is 3.29. The molecule has 0 spiro atoms. The third-order valence-corrected chi connectivity index (χ3v) is 8.61. The molecule has 0 aromatic carbocycles. The highest BCUT2D eigenvalue weighted by Crippen LogP contribution is 2.67. The Bertz CT molecular complexity index is 699. The van der Waals surface area contributed by atoms with E-state index < -0.39 is 28.6 Å². The van der Waals surface area contributed by atoms with Crippen molar-refractivity contribution in [2.24, 2.45) is 28.6 Å². The Hall–Kier alpha value is -1.04. The van der Waals surface area contributed by atoms with Crippen LogP contribution in [0.2, 0.25) is 0 Å². The minimum Gasteiger partial charge on any atom is -0.390 e. The van der Waals surface area contributed by atoms with Crippen LogP contribution in [-0.2, 0) is 9.59 Å². The molecule has 5 heteroatoms. The third kappa shape index (κ3) is 2.08. The van der Waals surface area contributed by atoms with Crippen LogP contribution in [-0.4, -0.2) is 44.7 Å². The van der Waals surface area contributed by atoms with Gasteiger partial charge in [-0.2, -0.15) is 0 Å². The fourth-order valence-corrected chi connectivity index (χ4v) is 7.02. The standard InChI is InChI=1S/C21H30O5/c1-11(22)12-5-7-21(26)14-8-16(23)15-9-17(24)18(25)10-19(15,2)13(14)4-6-20(12,21)3/h8,12-13,15,17-18,24-26H,4-7,9-10H2,1-3H3/t12-,13+,15-,17-,18+,19+,20+,21+/m0/s1. The van der Waals surface area contributed by atoms with Gasteiger partial charge in [0.05, 0.1) is 17.8 Å². The number of rotatable bonds is 1. The van der Waals surface area contributed by atoms with E-state index in [1.54, 1.807) is 13.0 Å². The van der Waals surface area contributed by atoms with Gasteiger partial charge >= 0.3 is 0 Å². The van der Waals surface area contributed by atoms with E-state index in [-0.39, 0.29) is 35.7 Å². The molecule has 0 unspecified atom stereocenters. The molecular formula is C21H30O5. The van der Waals surface area contributed by atoms with Crippen molar-refractivity contribution >= 4 is 11.6 Å². The first kappa shape index (κ1) is 18.3. The second kappa shape index (κ2) is 5.49. The summed E-state index contributed by atoms with van der Waals surface area (Å²) in [5.74, 6) is -0.406. The van der Waals surface area contributed by atoms with E-state index >= 15 is 0 Å². The molecule has 0 heterocycles. The van der Waals surface area contributed by atoms with Crippen molar-refractivity contribution in [3.63, 3.8) is 0 Å². The van der Waals surface area contributed by atoms with Gasteiger partial charge in [-0.05, 0) is 68.4 Å². The van der Waals surface area contributed by atoms with E-state index in [9.17, 15) is 24.9 Å². The fraction of sp³-hybridized carbons (Fsp3) is 0.810. The van der Waals surface area contributed by atoms with Crippen LogP contribution in [0.1, 0.15) is 59.3 Å². The molecule has 0 aromatic rings. The second-order valence-electron chi connectivity index (χ2n) is 9.71. The molecule has 3 saturated carbocycles. The van der Waals surface area contributed by atoms with E-state index in [1.165, 1.54) is 0 Å². The number of allylic oxidation sites excluding steroid dienone is 1. The second-order valence-corrected chi connectivity index (χ2v) is 9.71. The molecule has 3 fully saturated rings. The van der Waals surface area contributed by atoms with Gasteiger partial charge < -0.3 is 15.3 Å².